The number of nitrogens with zero attached hydrogens (tertiary/aromatic N) is 2. The van der Waals surface area contributed by atoms with E-state index in [1.165, 1.54) is 18.6 Å². The molecule has 6 heteroatoms. The number of hydrogen-bond acceptors (Lipinski definition) is 1. The quantitative estimate of drug-likeness (QED) is 0.499. The minimum atomic E-state index is -4.35. The van der Waals surface area contributed by atoms with Crippen molar-refractivity contribution < 1.29 is 18.0 Å². The van der Waals surface area contributed by atoms with Gasteiger partial charge in [0.1, 0.15) is 0 Å². The van der Waals surface area contributed by atoms with Crippen LogP contribution in [0.1, 0.15) is 76.1 Å². The molecule has 0 spiro atoms. The molecule has 0 N–H and O–H groups in total. The lowest BCUT2D eigenvalue weighted by Gasteiger charge is -2.36. The number of hydrogen-bond donors (Lipinski definition) is 0. The van der Waals surface area contributed by atoms with Crippen molar-refractivity contribution in [3.05, 3.63) is 59.4 Å². The van der Waals surface area contributed by atoms with Crippen molar-refractivity contribution in [3.8, 4) is 0 Å². The molecule has 1 amide bonds. The molecular weight excluding hydrogens is 401 g/mol. The molecule has 3 rings (SSSR count). The molecule has 1 aliphatic rings. The fourth-order valence-corrected chi connectivity index (χ4v) is 4.33. The summed E-state index contributed by atoms with van der Waals surface area (Å²) >= 11 is 0. The van der Waals surface area contributed by atoms with Gasteiger partial charge < -0.3 is 9.47 Å². The first-order chi connectivity index (χ1) is 14.5. The maximum absolute atomic E-state index is 13.2. The van der Waals surface area contributed by atoms with Gasteiger partial charge in [-0.15, -0.1) is 0 Å². The van der Waals surface area contributed by atoms with Crippen LogP contribution in [0, 0.1) is 5.41 Å². The van der Waals surface area contributed by atoms with Crippen molar-refractivity contribution in [1.82, 2.24) is 9.47 Å². The minimum absolute atomic E-state index is 0.0932. The fraction of sp³-hybridized carbons (Fsp3) is 0.560. The Balaban J connectivity index is 1.80. The molecule has 1 heterocycles. The van der Waals surface area contributed by atoms with Gasteiger partial charge in [-0.3, -0.25) is 4.79 Å². The normalized spacial score (nSPS) is 15.8. The molecule has 0 aliphatic heterocycles. The number of carbonyl (C=O) groups excluding carboxylic acids is 1. The number of halogens is 3. The summed E-state index contributed by atoms with van der Waals surface area (Å²) < 4.78 is 41.2. The summed E-state index contributed by atoms with van der Waals surface area (Å²) in [5, 5.41) is 0. The highest BCUT2D eigenvalue weighted by Gasteiger charge is 2.31. The molecule has 0 unspecified atom stereocenters. The molecule has 170 valence electrons. The van der Waals surface area contributed by atoms with E-state index in [0.717, 1.165) is 37.4 Å². The Bertz CT molecular complexity index is 873. The largest absolute Gasteiger partial charge is 0.416 e. The zero-order valence-corrected chi connectivity index (χ0v) is 18.7. The molecular formula is C25H33F3N2O. The molecule has 3 nitrogen and oxygen atoms in total. The predicted molar refractivity (Wildman–Crippen MR) is 116 cm³/mol. The molecule has 1 aromatic heterocycles. The topological polar surface area (TPSA) is 25.2 Å². The van der Waals surface area contributed by atoms with E-state index in [-0.39, 0.29) is 17.4 Å². The lowest BCUT2D eigenvalue weighted by atomic mass is 9.89. The lowest BCUT2D eigenvalue weighted by Crippen LogP contribution is -2.42. The zero-order chi connectivity index (χ0) is 22.6. The number of aromatic nitrogens is 1. The first kappa shape index (κ1) is 23.4. The van der Waals surface area contributed by atoms with Crippen molar-refractivity contribution >= 4 is 5.91 Å². The standard InChI is InChI=1S/C25H33F3N2O/c1-24(2,3)16-23(31)30(21-11-5-4-6-12-21)18-22-13-8-14-29(22)17-19-9-7-10-20(15-19)25(26,27)28/h7-10,13-15,21H,4-6,11-12,16-18H2,1-3H3. The second kappa shape index (κ2) is 9.49. The summed E-state index contributed by atoms with van der Waals surface area (Å²) in [7, 11) is 0. The van der Waals surface area contributed by atoms with E-state index in [9.17, 15) is 18.0 Å². The molecule has 0 bridgehead atoms. The summed E-state index contributed by atoms with van der Waals surface area (Å²) in [6, 6.07) is 9.55. The Morgan fingerprint density at radius 3 is 2.42 bits per heavy atom. The first-order valence-corrected chi connectivity index (χ1v) is 11.1. The van der Waals surface area contributed by atoms with Crippen molar-refractivity contribution in [2.24, 2.45) is 5.41 Å². The van der Waals surface area contributed by atoms with E-state index in [1.807, 2.05) is 27.8 Å². The van der Waals surface area contributed by atoms with E-state index in [2.05, 4.69) is 20.8 Å². The highest BCUT2D eigenvalue weighted by Crippen LogP contribution is 2.30. The second-order valence-corrected chi connectivity index (χ2v) is 9.88. The van der Waals surface area contributed by atoms with E-state index in [4.69, 9.17) is 0 Å². The van der Waals surface area contributed by atoms with Gasteiger partial charge in [0.2, 0.25) is 5.91 Å². The Hall–Kier alpha value is -2.24. The van der Waals surface area contributed by atoms with Crippen molar-refractivity contribution in [1.29, 1.82) is 0 Å². The average Bonchev–Trinajstić information content (AvgIpc) is 3.11. The maximum atomic E-state index is 13.2. The number of alkyl halides is 3. The zero-order valence-electron chi connectivity index (χ0n) is 18.7. The highest BCUT2D eigenvalue weighted by atomic mass is 19.4. The molecule has 31 heavy (non-hydrogen) atoms. The fourth-order valence-electron chi connectivity index (χ4n) is 4.33. The smallest absolute Gasteiger partial charge is 0.345 e. The molecule has 1 aromatic carbocycles. The van der Waals surface area contributed by atoms with Gasteiger partial charge in [-0.1, -0.05) is 52.2 Å². The van der Waals surface area contributed by atoms with Crippen LogP contribution in [-0.2, 0) is 24.1 Å². The molecule has 0 atom stereocenters. The second-order valence-electron chi connectivity index (χ2n) is 9.88. The molecule has 0 radical (unpaired) electrons. The molecule has 2 aromatic rings. The summed E-state index contributed by atoms with van der Waals surface area (Å²) in [4.78, 5) is 15.2. The van der Waals surface area contributed by atoms with Gasteiger partial charge in [-0.2, -0.15) is 13.2 Å². The van der Waals surface area contributed by atoms with Crippen LogP contribution in [0.15, 0.2) is 42.6 Å². The van der Waals surface area contributed by atoms with Gasteiger partial charge in [0.05, 0.1) is 12.1 Å². The van der Waals surface area contributed by atoms with Crippen LogP contribution >= 0.6 is 0 Å². The lowest BCUT2D eigenvalue weighted by molar-refractivity contribution is -0.138. The van der Waals surface area contributed by atoms with Gasteiger partial charge in [0.15, 0.2) is 0 Å². The van der Waals surface area contributed by atoms with Crippen LogP contribution in [0.5, 0.6) is 0 Å². The van der Waals surface area contributed by atoms with Gasteiger partial charge in [-0.05, 0) is 48.1 Å². The number of carbonyl (C=O) groups is 1. The van der Waals surface area contributed by atoms with Crippen LogP contribution in [-0.4, -0.2) is 21.4 Å². The number of benzene rings is 1. The number of amides is 1. The van der Waals surface area contributed by atoms with Crippen LogP contribution < -0.4 is 0 Å². The molecule has 0 saturated heterocycles. The van der Waals surface area contributed by atoms with E-state index in [0.29, 0.717) is 25.1 Å². The Kier molecular flexibility index (Phi) is 7.17. The predicted octanol–water partition coefficient (Wildman–Crippen LogP) is 6.65. The molecule has 1 fully saturated rings. The van der Waals surface area contributed by atoms with Crippen molar-refractivity contribution in [2.45, 2.75) is 84.6 Å². The van der Waals surface area contributed by atoms with E-state index in [1.54, 1.807) is 6.07 Å². The van der Waals surface area contributed by atoms with Gasteiger partial charge >= 0.3 is 6.18 Å². The Morgan fingerprint density at radius 1 is 1.06 bits per heavy atom. The molecule has 1 saturated carbocycles. The van der Waals surface area contributed by atoms with Crippen molar-refractivity contribution in [2.75, 3.05) is 0 Å². The number of rotatable bonds is 6. The van der Waals surface area contributed by atoms with Gasteiger partial charge in [0.25, 0.3) is 0 Å². The van der Waals surface area contributed by atoms with Crippen LogP contribution in [0.4, 0.5) is 13.2 Å². The summed E-state index contributed by atoms with van der Waals surface area (Å²) in [6.45, 7) is 7.05. The Morgan fingerprint density at radius 2 is 1.77 bits per heavy atom. The third-order valence-electron chi connectivity index (χ3n) is 5.88. The van der Waals surface area contributed by atoms with Crippen LogP contribution in [0.25, 0.3) is 0 Å². The maximum Gasteiger partial charge on any atom is 0.416 e. The third kappa shape index (κ3) is 6.62. The summed E-state index contributed by atoms with van der Waals surface area (Å²) in [5.41, 5.74) is 0.815. The summed E-state index contributed by atoms with van der Waals surface area (Å²) in [6.07, 6.45) is 3.52. The van der Waals surface area contributed by atoms with E-state index < -0.39 is 11.7 Å². The monoisotopic (exact) mass is 434 g/mol. The van der Waals surface area contributed by atoms with Gasteiger partial charge in [-0.25, -0.2) is 0 Å². The molecule has 1 aliphatic carbocycles. The van der Waals surface area contributed by atoms with Crippen LogP contribution in [0.2, 0.25) is 0 Å². The van der Waals surface area contributed by atoms with E-state index >= 15 is 0 Å². The van der Waals surface area contributed by atoms with Crippen molar-refractivity contribution in [3.63, 3.8) is 0 Å². The minimum Gasteiger partial charge on any atom is -0.345 e. The third-order valence-corrected chi connectivity index (χ3v) is 5.88. The first-order valence-electron chi connectivity index (χ1n) is 11.1. The van der Waals surface area contributed by atoms with Crippen LogP contribution in [0.3, 0.4) is 0 Å². The SMILES string of the molecule is CC(C)(C)CC(=O)N(Cc1cccn1Cc1cccc(C(F)(F)F)c1)C1CCCCC1. The Labute approximate surface area is 183 Å². The average molecular weight is 435 g/mol. The highest BCUT2D eigenvalue weighted by molar-refractivity contribution is 5.77. The summed E-state index contributed by atoms with van der Waals surface area (Å²) in [5.74, 6) is 0.159. The van der Waals surface area contributed by atoms with Gasteiger partial charge in [0, 0.05) is 30.9 Å².